The third kappa shape index (κ3) is 4.04. The topological polar surface area (TPSA) is 61.8 Å². The number of fused-ring (bicyclic) bond motifs is 1. The molecular weight excluding hydrogens is 368 g/mol. The first-order chi connectivity index (χ1) is 14.1. The molecule has 0 bridgehead atoms. The van der Waals surface area contributed by atoms with Crippen LogP contribution in [0.25, 0.3) is 6.08 Å². The minimum Gasteiger partial charge on any atom is -0.497 e. The van der Waals surface area contributed by atoms with E-state index in [1.54, 1.807) is 55.7 Å². The molecule has 4 rings (SSSR count). The lowest BCUT2D eigenvalue weighted by atomic mass is 10.1. The van der Waals surface area contributed by atoms with Crippen LogP contribution in [0.2, 0.25) is 0 Å². The van der Waals surface area contributed by atoms with Gasteiger partial charge in [0.05, 0.1) is 12.7 Å². The molecule has 1 aliphatic heterocycles. The molecule has 0 N–H and O–H groups in total. The molecule has 3 aromatic carbocycles. The van der Waals surface area contributed by atoms with Crippen molar-refractivity contribution in [1.82, 2.24) is 0 Å². The maximum absolute atomic E-state index is 12.6. The highest BCUT2D eigenvalue weighted by atomic mass is 16.5. The molecule has 0 unspecified atom stereocenters. The zero-order valence-electron chi connectivity index (χ0n) is 15.8. The van der Waals surface area contributed by atoms with Gasteiger partial charge in [-0.1, -0.05) is 42.5 Å². The van der Waals surface area contributed by atoms with Crippen LogP contribution in [0.3, 0.4) is 0 Å². The minimum atomic E-state index is -0.192. The Kier molecular flexibility index (Phi) is 5.12. The van der Waals surface area contributed by atoms with E-state index in [1.165, 1.54) is 0 Å². The van der Waals surface area contributed by atoms with Crippen molar-refractivity contribution in [3.8, 4) is 17.2 Å². The fourth-order valence-corrected chi connectivity index (χ4v) is 2.96. The Balaban J connectivity index is 1.46. The van der Waals surface area contributed by atoms with Crippen LogP contribution in [0, 0.1) is 0 Å². The summed E-state index contributed by atoms with van der Waals surface area (Å²) in [6.45, 7) is -0.0920. The molecule has 0 saturated heterocycles. The summed E-state index contributed by atoms with van der Waals surface area (Å²) in [7, 11) is 1.60. The standard InChI is InChI=1S/C24H18O5/c1-27-18-9-7-16(8-10-18)13-23-24(26)20-12-11-19(14-22(20)29-23)28-15-21(25)17-5-3-2-4-6-17/h2-14H,15H2,1H3/b23-13-. The molecule has 144 valence electrons. The van der Waals surface area contributed by atoms with Gasteiger partial charge < -0.3 is 14.2 Å². The van der Waals surface area contributed by atoms with Gasteiger partial charge in [-0.15, -0.1) is 0 Å². The van der Waals surface area contributed by atoms with E-state index >= 15 is 0 Å². The van der Waals surface area contributed by atoms with E-state index in [2.05, 4.69) is 0 Å². The Morgan fingerprint density at radius 2 is 1.69 bits per heavy atom. The Hall–Kier alpha value is -3.86. The number of allylic oxidation sites excluding steroid dienone is 1. The lowest BCUT2D eigenvalue weighted by Crippen LogP contribution is -2.11. The molecule has 1 aliphatic rings. The number of ether oxygens (including phenoxy) is 3. The van der Waals surface area contributed by atoms with Crippen molar-refractivity contribution in [2.45, 2.75) is 0 Å². The van der Waals surface area contributed by atoms with E-state index in [1.807, 2.05) is 30.3 Å². The third-order valence-corrected chi connectivity index (χ3v) is 4.52. The maximum atomic E-state index is 12.6. The first kappa shape index (κ1) is 18.5. The number of carbonyl (C=O) groups is 2. The molecule has 0 saturated carbocycles. The van der Waals surface area contributed by atoms with Crippen molar-refractivity contribution in [2.75, 3.05) is 13.7 Å². The van der Waals surface area contributed by atoms with Crippen molar-refractivity contribution < 1.29 is 23.8 Å². The largest absolute Gasteiger partial charge is 0.497 e. The van der Waals surface area contributed by atoms with Gasteiger partial charge in [0.2, 0.25) is 5.78 Å². The van der Waals surface area contributed by atoms with E-state index in [0.29, 0.717) is 22.6 Å². The van der Waals surface area contributed by atoms with Gasteiger partial charge in [0.25, 0.3) is 0 Å². The van der Waals surface area contributed by atoms with Crippen molar-refractivity contribution in [1.29, 1.82) is 0 Å². The summed E-state index contributed by atoms with van der Waals surface area (Å²) in [5, 5.41) is 0. The lowest BCUT2D eigenvalue weighted by molar-refractivity contribution is 0.0921. The summed E-state index contributed by atoms with van der Waals surface area (Å²) < 4.78 is 16.5. The van der Waals surface area contributed by atoms with Crippen LogP contribution in [0.1, 0.15) is 26.3 Å². The first-order valence-corrected chi connectivity index (χ1v) is 9.07. The second-order valence-electron chi connectivity index (χ2n) is 6.45. The average Bonchev–Trinajstić information content (AvgIpc) is 3.07. The van der Waals surface area contributed by atoms with Crippen LogP contribution in [-0.4, -0.2) is 25.3 Å². The van der Waals surface area contributed by atoms with Gasteiger partial charge in [-0.3, -0.25) is 9.59 Å². The molecule has 1 heterocycles. The summed E-state index contributed by atoms with van der Waals surface area (Å²) in [5.41, 5.74) is 1.88. The number of methoxy groups -OCH3 is 1. The van der Waals surface area contributed by atoms with Crippen LogP contribution in [0.4, 0.5) is 0 Å². The maximum Gasteiger partial charge on any atom is 0.231 e. The van der Waals surface area contributed by atoms with Gasteiger partial charge in [0, 0.05) is 11.6 Å². The van der Waals surface area contributed by atoms with Gasteiger partial charge in [0.15, 0.2) is 18.1 Å². The average molecular weight is 386 g/mol. The van der Waals surface area contributed by atoms with Gasteiger partial charge >= 0.3 is 0 Å². The Morgan fingerprint density at radius 1 is 0.966 bits per heavy atom. The summed E-state index contributed by atoms with van der Waals surface area (Å²) in [4.78, 5) is 24.8. The SMILES string of the molecule is COc1ccc(/C=C2\Oc3cc(OCC(=O)c4ccccc4)ccc3C2=O)cc1. The van der Waals surface area contributed by atoms with E-state index in [9.17, 15) is 9.59 Å². The summed E-state index contributed by atoms with van der Waals surface area (Å²) in [6.07, 6.45) is 1.68. The fraction of sp³-hybridized carbons (Fsp3) is 0.0833. The van der Waals surface area contributed by atoms with E-state index in [-0.39, 0.29) is 23.9 Å². The highest BCUT2D eigenvalue weighted by molar-refractivity contribution is 6.14. The summed E-state index contributed by atoms with van der Waals surface area (Å²) in [5.74, 6) is 1.54. The highest BCUT2D eigenvalue weighted by Gasteiger charge is 2.27. The van der Waals surface area contributed by atoms with Crippen LogP contribution in [0.15, 0.2) is 78.6 Å². The van der Waals surface area contributed by atoms with Gasteiger partial charge in [0.1, 0.15) is 17.2 Å². The van der Waals surface area contributed by atoms with Crippen LogP contribution in [0.5, 0.6) is 17.2 Å². The molecule has 0 atom stereocenters. The highest BCUT2D eigenvalue weighted by Crippen LogP contribution is 2.35. The second-order valence-corrected chi connectivity index (χ2v) is 6.45. The Bertz CT molecular complexity index is 1080. The predicted molar refractivity (Wildman–Crippen MR) is 109 cm³/mol. The zero-order chi connectivity index (χ0) is 20.2. The van der Waals surface area contributed by atoms with Crippen LogP contribution in [-0.2, 0) is 0 Å². The number of benzene rings is 3. The first-order valence-electron chi connectivity index (χ1n) is 9.07. The van der Waals surface area contributed by atoms with Crippen LogP contribution >= 0.6 is 0 Å². The minimum absolute atomic E-state index is 0.0920. The molecule has 0 amide bonds. The molecule has 5 nitrogen and oxygen atoms in total. The molecule has 0 aliphatic carbocycles. The Morgan fingerprint density at radius 3 is 2.41 bits per heavy atom. The van der Waals surface area contributed by atoms with Gasteiger partial charge in [-0.05, 0) is 35.9 Å². The van der Waals surface area contributed by atoms with E-state index in [4.69, 9.17) is 14.2 Å². The van der Waals surface area contributed by atoms with Crippen molar-refractivity contribution in [2.24, 2.45) is 0 Å². The molecule has 0 fully saturated rings. The molecular formula is C24H18O5. The van der Waals surface area contributed by atoms with Gasteiger partial charge in [-0.25, -0.2) is 0 Å². The number of hydrogen-bond donors (Lipinski definition) is 0. The number of Topliss-reactive ketones (excluding diaryl/α,β-unsaturated/α-hetero) is 2. The molecule has 29 heavy (non-hydrogen) atoms. The van der Waals surface area contributed by atoms with E-state index < -0.39 is 0 Å². The predicted octanol–water partition coefficient (Wildman–Crippen LogP) is 4.57. The smallest absolute Gasteiger partial charge is 0.231 e. The lowest BCUT2D eigenvalue weighted by Gasteiger charge is -2.06. The number of carbonyl (C=O) groups excluding carboxylic acids is 2. The van der Waals surface area contributed by atoms with Crippen LogP contribution < -0.4 is 14.2 Å². The fourth-order valence-electron chi connectivity index (χ4n) is 2.96. The van der Waals surface area contributed by atoms with E-state index in [0.717, 1.165) is 11.3 Å². The number of ketones is 2. The van der Waals surface area contributed by atoms with Gasteiger partial charge in [-0.2, -0.15) is 0 Å². The van der Waals surface area contributed by atoms with Crippen molar-refractivity contribution in [3.05, 3.63) is 95.2 Å². The molecule has 0 aromatic heterocycles. The second kappa shape index (κ2) is 8.02. The quantitative estimate of drug-likeness (QED) is 0.459. The Labute approximate surface area is 168 Å². The number of hydrogen-bond acceptors (Lipinski definition) is 5. The number of rotatable bonds is 6. The summed E-state index contributed by atoms with van der Waals surface area (Å²) >= 11 is 0. The molecule has 5 heteroatoms. The molecule has 0 spiro atoms. The third-order valence-electron chi connectivity index (χ3n) is 4.52. The normalized spacial score (nSPS) is 13.7. The monoisotopic (exact) mass is 386 g/mol. The molecule has 3 aromatic rings. The summed E-state index contributed by atoms with van der Waals surface area (Å²) in [6, 6.07) is 21.2. The van der Waals surface area contributed by atoms with Crippen molar-refractivity contribution >= 4 is 17.6 Å². The zero-order valence-corrected chi connectivity index (χ0v) is 15.8. The molecule has 0 radical (unpaired) electrons. The van der Waals surface area contributed by atoms with Crippen molar-refractivity contribution in [3.63, 3.8) is 0 Å².